The molecule has 1 fully saturated rings. The predicted octanol–water partition coefficient (Wildman–Crippen LogP) is 3.34. The fourth-order valence-electron chi connectivity index (χ4n) is 2.89. The second kappa shape index (κ2) is 5.82. The summed E-state index contributed by atoms with van der Waals surface area (Å²) in [7, 11) is 0. The minimum atomic E-state index is -0.833. The van der Waals surface area contributed by atoms with Gasteiger partial charge in [-0.3, -0.25) is 14.9 Å². The third-order valence-electron chi connectivity index (χ3n) is 3.85. The Kier molecular flexibility index (Phi) is 4.14. The van der Waals surface area contributed by atoms with Crippen molar-refractivity contribution >= 4 is 11.7 Å². The third-order valence-corrected chi connectivity index (χ3v) is 3.85. The summed E-state index contributed by atoms with van der Waals surface area (Å²) < 4.78 is 0. The molecule has 1 aromatic rings. The average Bonchev–Trinajstić information content (AvgIpc) is 2.40. The Bertz CT molecular complexity index is 463. The van der Waals surface area contributed by atoms with E-state index in [0.717, 1.165) is 25.7 Å². The van der Waals surface area contributed by atoms with Crippen LogP contribution in [0.1, 0.15) is 43.6 Å². The first-order valence-electron chi connectivity index (χ1n) is 6.57. The number of nitro groups is 1. The molecule has 19 heavy (non-hydrogen) atoms. The van der Waals surface area contributed by atoms with Crippen molar-refractivity contribution in [1.29, 1.82) is 0 Å². The Balaban J connectivity index is 2.23. The highest BCUT2D eigenvalue weighted by Crippen LogP contribution is 2.36. The van der Waals surface area contributed by atoms with Gasteiger partial charge in [0.05, 0.1) is 10.8 Å². The zero-order valence-corrected chi connectivity index (χ0v) is 10.6. The molecule has 1 unspecified atom stereocenters. The van der Waals surface area contributed by atoms with Gasteiger partial charge in [-0.25, -0.2) is 0 Å². The van der Waals surface area contributed by atoms with E-state index in [1.807, 2.05) is 0 Å². The molecule has 5 heteroatoms. The second-order valence-electron chi connectivity index (χ2n) is 5.06. The average molecular weight is 263 g/mol. The summed E-state index contributed by atoms with van der Waals surface area (Å²) in [5.41, 5.74) is 0.668. The maximum absolute atomic E-state index is 11.5. The molecule has 0 heterocycles. The quantitative estimate of drug-likeness (QED) is 0.667. The number of rotatable bonds is 4. The van der Waals surface area contributed by atoms with E-state index in [9.17, 15) is 20.0 Å². The standard InChI is InChI=1S/C14H17NO4/c16-14(17)13(10-4-2-1-3-5-10)11-6-8-12(9-7-11)15(18)19/h6-10,13H,1-5H2,(H,16,17). The topological polar surface area (TPSA) is 80.4 Å². The number of carboxylic acid groups (broad SMARTS) is 1. The van der Waals surface area contributed by atoms with Crippen LogP contribution >= 0.6 is 0 Å². The molecule has 0 aliphatic heterocycles. The molecule has 0 aromatic heterocycles. The summed E-state index contributed by atoms with van der Waals surface area (Å²) >= 11 is 0. The Hall–Kier alpha value is -1.91. The number of non-ortho nitro benzene ring substituents is 1. The van der Waals surface area contributed by atoms with Gasteiger partial charge >= 0.3 is 5.97 Å². The first kappa shape index (κ1) is 13.5. The highest BCUT2D eigenvalue weighted by molar-refractivity contribution is 5.76. The fraction of sp³-hybridized carbons (Fsp3) is 0.500. The lowest BCUT2D eigenvalue weighted by Gasteiger charge is -2.27. The van der Waals surface area contributed by atoms with E-state index >= 15 is 0 Å². The van der Waals surface area contributed by atoms with Gasteiger partial charge in [-0.15, -0.1) is 0 Å². The van der Waals surface area contributed by atoms with E-state index in [1.165, 1.54) is 18.6 Å². The maximum Gasteiger partial charge on any atom is 0.311 e. The zero-order chi connectivity index (χ0) is 13.8. The Morgan fingerprint density at radius 1 is 1.21 bits per heavy atom. The minimum absolute atomic E-state index is 0.00321. The molecule has 1 atom stereocenters. The van der Waals surface area contributed by atoms with Crippen molar-refractivity contribution in [2.45, 2.75) is 38.0 Å². The molecule has 1 aliphatic carbocycles. The van der Waals surface area contributed by atoms with Crippen LogP contribution in [0.5, 0.6) is 0 Å². The van der Waals surface area contributed by atoms with Crippen molar-refractivity contribution < 1.29 is 14.8 Å². The van der Waals surface area contributed by atoms with Crippen molar-refractivity contribution in [1.82, 2.24) is 0 Å². The summed E-state index contributed by atoms with van der Waals surface area (Å²) in [5, 5.41) is 20.0. The van der Waals surface area contributed by atoms with Crippen molar-refractivity contribution in [2.75, 3.05) is 0 Å². The molecule has 0 saturated heterocycles. The number of hydrogen-bond acceptors (Lipinski definition) is 3. The van der Waals surface area contributed by atoms with Gasteiger partial charge in [0.25, 0.3) is 5.69 Å². The molecular weight excluding hydrogens is 246 g/mol. The number of benzene rings is 1. The van der Waals surface area contributed by atoms with E-state index in [2.05, 4.69) is 0 Å². The van der Waals surface area contributed by atoms with E-state index in [4.69, 9.17) is 0 Å². The molecule has 1 aliphatic rings. The molecule has 0 spiro atoms. The first-order chi connectivity index (χ1) is 9.09. The molecule has 0 bridgehead atoms. The third kappa shape index (κ3) is 3.10. The summed E-state index contributed by atoms with van der Waals surface area (Å²) in [4.78, 5) is 21.6. The van der Waals surface area contributed by atoms with Gasteiger partial charge in [0, 0.05) is 12.1 Å². The lowest BCUT2D eigenvalue weighted by molar-refractivity contribution is -0.384. The van der Waals surface area contributed by atoms with Gasteiger partial charge in [0.2, 0.25) is 0 Å². The van der Waals surface area contributed by atoms with E-state index in [1.54, 1.807) is 12.1 Å². The summed E-state index contributed by atoms with van der Waals surface area (Å²) in [5.74, 6) is -1.23. The molecular formula is C14H17NO4. The Morgan fingerprint density at radius 3 is 2.26 bits per heavy atom. The van der Waals surface area contributed by atoms with Gasteiger partial charge < -0.3 is 5.11 Å². The molecule has 5 nitrogen and oxygen atoms in total. The number of nitrogens with zero attached hydrogens (tertiary/aromatic N) is 1. The van der Waals surface area contributed by atoms with Crippen LogP contribution in [0.3, 0.4) is 0 Å². The number of hydrogen-bond donors (Lipinski definition) is 1. The monoisotopic (exact) mass is 263 g/mol. The summed E-state index contributed by atoms with van der Waals surface area (Å²) in [6.07, 6.45) is 5.16. The van der Waals surface area contributed by atoms with Gasteiger partial charge in [0.1, 0.15) is 0 Å². The SMILES string of the molecule is O=C(O)C(c1ccc([N+](=O)[O-])cc1)C1CCCCC1. The summed E-state index contributed by atoms with van der Waals surface area (Å²) in [6.45, 7) is 0. The van der Waals surface area contributed by atoms with Crippen LogP contribution in [0.4, 0.5) is 5.69 Å². The predicted molar refractivity (Wildman–Crippen MR) is 70.0 cm³/mol. The molecule has 2 rings (SSSR count). The van der Waals surface area contributed by atoms with Gasteiger partial charge in [0.15, 0.2) is 0 Å². The second-order valence-corrected chi connectivity index (χ2v) is 5.06. The Morgan fingerprint density at radius 2 is 1.79 bits per heavy atom. The van der Waals surface area contributed by atoms with Crippen LogP contribution in [0.2, 0.25) is 0 Å². The molecule has 1 aromatic carbocycles. The van der Waals surface area contributed by atoms with Gasteiger partial charge in [-0.2, -0.15) is 0 Å². The minimum Gasteiger partial charge on any atom is -0.481 e. The van der Waals surface area contributed by atoms with Crippen molar-refractivity contribution in [3.8, 4) is 0 Å². The smallest absolute Gasteiger partial charge is 0.311 e. The lowest BCUT2D eigenvalue weighted by Crippen LogP contribution is -2.23. The number of carbonyl (C=O) groups is 1. The highest BCUT2D eigenvalue weighted by Gasteiger charge is 2.30. The largest absolute Gasteiger partial charge is 0.481 e. The molecule has 0 radical (unpaired) electrons. The molecule has 1 saturated carbocycles. The van der Waals surface area contributed by atoms with Crippen LogP contribution in [0.25, 0.3) is 0 Å². The molecule has 1 N–H and O–H groups in total. The van der Waals surface area contributed by atoms with Crippen LogP contribution < -0.4 is 0 Å². The van der Waals surface area contributed by atoms with Crippen molar-refractivity contribution in [3.63, 3.8) is 0 Å². The van der Waals surface area contributed by atoms with E-state index in [0.29, 0.717) is 5.56 Å². The van der Waals surface area contributed by atoms with Crippen molar-refractivity contribution in [3.05, 3.63) is 39.9 Å². The summed E-state index contributed by atoms with van der Waals surface area (Å²) in [6, 6.07) is 5.92. The Labute approximate surface area is 111 Å². The van der Waals surface area contributed by atoms with Crippen LogP contribution in [0, 0.1) is 16.0 Å². The number of nitro benzene ring substituents is 1. The number of carboxylic acids is 1. The van der Waals surface area contributed by atoms with Crippen molar-refractivity contribution in [2.24, 2.45) is 5.92 Å². The molecule has 0 amide bonds. The lowest BCUT2D eigenvalue weighted by atomic mass is 9.77. The fourth-order valence-corrected chi connectivity index (χ4v) is 2.89. The zero-order valence-electron chi connectivity index (χ0n) is 10.6. The van der Waals surface area contributed by atoms with Crippen LogP contribution in [0.15, 0.2) is 24.3 Å². The van der Waals surface area contributed by atoms with Crippen LogP contribution in [-0.4, -0.2) is 16.0 Å². The highest BCUT2D eigenvalue weighted by atomic mass is 16.6. The van der Waals surface area contributed by atoms with E-state index in [-0.39, 0.29) is 11.6 Å². The number of aliphatic carboxylic acids is 1. The van der Waals surface area contributed by atoms with Gasteiger partial charge in [-0.1, -0.05) is 31.4 Å². The van der Waals surface area contributed by atoms with Crippen LogP contribution in [-0.2, 0) is 4.79 Å². The normalized spacial score (nSPS) is 17.9. The van der Waals surface area contributed by atoms with Gasteiger partial charge in [-0.05, 0) is 24.3 Å². The first-order valence-corrected chi connectivity index (χ1v) is 6.57. The maximum atomic E-state index is 11.5. The molecule has 102 valence electrons. The van der Waals surface area contributed by atoms with E-state index < -0.39 is 16.8 Å².